The third-order valence-corrected chi connectivity index (χ3v) is 3.14. The zero-order chi connectivity index (χ0) is 16.8. The Balaban J connectivity index is 2.19. The van der Waals surface area contributed by atoms with Crippen LogP contribution in [0, 0.1) is 6.92 Å². The van der Waals surface area contributed by atoms with E-state index in [1.54, 1.807) is 25.1 Å². The molecule has 1 aromatic rings. The minimum Gasteiger partial charge on any atom is -0.491 e. The number of aliphatic hydroxyl groups is 1. The number of ether oxygens (including phenoxy) is 3. The Morgan fingerprint density at radius 2 is 2.22 bits per heavy atom. The Bertz CT molecular complexity index is 637. The fourth-order valence-corrected chi connectivity index (χ4v) is 2.07. The lowest BCUT2D eigenvalue weighted by Gasteiger charge is -2.13. The predicted octanol–water partition coefficient (Wildman–Crippen LogP) is 1.15. The van der Waals surface area contributed by atoms with E-state index in [2.05, 4.69) is 5.32 Å². The summed E-state index contributed by atoms with van der Waals surface area (Å²) in [6.45, 7) is 3.65. The first-order valence-corrected chi connectivity index (χ1v) is 7.25. The largest absolute Gasteiger partial charge is 0.491 e. The summed E-state index contributed by atoms with van der Waals surface area (Å²) in [4.78, 5) is 23.6. The lowest BCUT2D eigenvalue weighted by atomic mass is 10.1. The Morgan fingerprint density at radius 3 is 2.87 bits per heavy atom. The summed E-state index contributed by atoms with van der Waals surface area (Å²) < 4.78 is 15.4. The van der Waals surface area contributed by atoms with Gasteiger partial charge in [0.1, 0.15) is 12.4 Å². The standard InChI is InChI=1S/C16H19NO6/c1-3-21-16(20)14-13(19)9-23-15(14)17-12-5-4-11(8-10(12)2)22-7-6-18/h4-5,8,17-18H,3,6-7,9H2,1-2H3. The van der Waals surface area contributed by atoms with Crippen molar-refractivity contribution in [2.45, 2.75) is 13.8 Å². The van der Waals surface area contributed by atoms with Crippen molar-refractivity contribution in [2.24, 2.45) is 0 Å². The van der Waals surface area contributed by atoms with Gasteiger partial charge in [0.2, 0.25) is 11.7 Å². The maximum absolute atomic E-state index is 11.8. The van der Waals surface area contributed by atoms with Gasteiger partial charge in [-0.1, -0.05) is 0 Å². The summed E-state index contributed by atoms with van der Waals surface area (Å²) in [5.41, 5.74) is 1.40. The van der Waals surface area contributed by atoms with E-state index in [4.69, 9.17) is 19.3 Å². The highest BCUT2D eigenvalue weighted by atomic mass is 16.5. The number of esters is 1. The molecule has 7 nitrogen and oxygen atoms in total. The van der Waals surface area contributed by atoms with Crippen molar-refractivity contribution in [3.05, 3.63) is 35.2 Å². The molecule has 0 amide bonds. The van der Waals surface area contributed by atoms with E-state index in [9.17, 15) is 9.59 Å². The van der Waals surface area contributed by atoms with Crippen LogP contribution in [-0.2, 0) is 19.1 Å². The fraction of sp³-hybridized carbons (Fsp3) is 0.375. The van der Waals surface area contributed by atoms with Gasteiger partial charge in [0, 0.05) is 5.69 Å². The Labute approximate surface area is 133 Å². The van der Waals surface area contributed by atoms with E-state index in [0.717, 1.165) is 5.56 Å². The molecule has 0 aliphatic carbocycles. The number of hydrogen-bond acceptors (Lipinski definition) is 7. The highest BCUT2D eigenvalue weighted by Gasteiger charge is 2.32. The molecule has 23 heavy (non-hydrogen) atoms. The van der Waals surface area contributed by atoms with Crippen molar-refractivity contribution in [3.8, 4) is 5.75 Å². The van der Waals surface area contributed by atoms with Crippen LogP contribution in [0.4, 0.5) is 5.69 Å². The van der Waals surface area contributed by atoms with Gasteiger partial charge in [-0.2, -0.15) is 0 Å². The van der Waals surface area contributed by atoms with E-state index < -0.39 is 11.8 Å². The van der Waals surface area contributed by atoms with Gasteiger partial charge in [-0.3, -0.25) is 4.79 Å². The first-order valence-electron chi connectivity index (χ1n) is 7.25. The summed E-state index contributed by atoms with van der Waals surface area (Å²) in [7, 11) is 0. The second-order valence-corrected chi connectivity index (χ2v) is 4.81. The number of aryl methyl sites for hydroxylation is 1. The molecule has 0 saturated carbocycles. The van der Waals surface area contributed by atoms with Gasteiger partial charge in [0.15, 0.2) is 12.2 Å². The summed E-state index contributed by atoms with van der Waals surface area (Å²) in [5, 5.41) is 11.7. The van der Waals surface area contributed by atoms with Gasteiger partial charge < -0.3 is 24.6 Å². The van der Waals surface area contributed by atoms with Crippen LogP contribution in [0.15, 0.2) is 29.7 Å². The van der Waals surface area contributed by atoms with Crippen molar-refractivity contribution in [2.75, 3.05) is 31.7 Å². The van der Waals surface area contributed by atoms with Crippen molar-refractivity contribution in [1.82, 2.24) is 0 Å². The number of aliphatic hydroxyl groups excluding tert-OH is 1. The normalized spacial score (nSPS) is 13.8. The lowest BCUT2D eigenvalue weighted by Crippen LogP contribution is -2.16. The van der Waals surface area contributed by atoms with E-state index in [-0.39, 0.29) is 37.9 Å². The predicted molar refractivity (Wildman–Crippen MR) is 82.0 cm³/mol. The Kier molecular flexibility index (Phi) is 5.59. The molecule has 124 valence electrons. The number of nitrogens with one attached hydrogen (secondary N) is 1. The van der Waals surface area contributed by atoms with Gasteiger partial charge >= 0.3 is 5.97 Å². The first-order chi connectivity index (χ1) is 11.1. The van der Waals surface area contributed by atoms with Gasteiger partial charge in [-0.05, 0) is 37.6 Å². The van der Waals surface area contributed by atoms with Gasteiger partial charge in [0.25, 0.3) is 0 Å². The number of anilines is 1. The second-order valence-electron chi connectivity index (χ2n) is 4.81. The summed E-state index contributed by atoms with van der Waals surface area (Å²) in [6, 6.07) is 5.23. The zero-order valence-corrected chi connectivity index (χ0v) is 13.0. The number of hydrogen-bond donors (Lipinski definition) is 2. The summed E-state index contributed by atoms with van der Waals surface area (Å²) in [6.07, 6.45) is 0. The maximum atomic E-state index is 11.8. The zero-order valence-electron chi connectivity index (χ0n) is 13.0. The van der Waals surface area contributed by atoms with Crippen molar-refractivity contribution in [1.29, 1.82) is 0 Å². The van der Waals surface area contributed by atoms with Crippen LogP contribution in [0.25, 0.3) is 0 Å². The number of carbonyl (C=O) groups is 2. The molecule has 0 aromatic heterocycles. The summed E-state index contributed by atoms with van der Waals surface area (Å²) >= 11 is 0. The number of benzene rings is 1. The molecule has 0 unspecified atom stereocenters. The minimum absolute atomic E-state index is 0.0647. The molecular formula is C16H19NO6. The van der Waals surface area contributed by atoms with Crippen LogP contribution in [0.2, 0.25) is 0 Å². The minimum atomic E-state index is -0.696. The monoisotopic (exact) mass is 321 g/mol. The third kappa shape index (κ3) is 4.01. The van der Waals surface area contributed by atoms with Crippen LogP contribution in [-0.4, -0.2) is 43.3 Å². The van der Waals surface area contributed by atoms with E-state index >= 15 is 0 Å². The molecule has 0 fully saturated rings. The summed E-state index contributed by atoms with van der Waals surface area (Å²) in [5.74, 6) is -0.393. The quantitative estimate of drug-likeness (QED) is 0.575. The highest BCUT2D eigenvalue weighted by molar-refractivity contribution is 6.19. The van der Waals surface area contributed by atoms with Gasteiger partial charge in [-0.15, -0.1) is 0 Å². The maximum Gasteiger partial charge on any atom is 0.347 e. The smallest absolute Gasteiger partial charge is 0.347 e. The Morgan fingerprint density at radius 1 is 1.43 bits per heavy atom. The average molecular weight is 321 g/mol. The number of Topliss-reactive ketones (excluding diaryl/α,β-unsaturated/α-hetero) is 1. The molecule has 0 bridgehead atoms. The van der Waals surface area contributed by atoms with Crippen LogP contribution >= 0.6 is 0 Å². The molecule has 1 aliphatic rings. The molecular weight excluding hydrogens is 302 g/mol. The molecule has 1 aliphatic heterocycles. The molecule has 0 atom stereocenters. The van der Waals surface area contributed by atoms with E-state index in [0.29, 0.717) is 11.4 Å². The molecule has 1 heterocycles. The van der Waals surface area contributed by atoms with E-state index in [1.165, 1.54) is 0 Å². The second kappa shape index (κ2) is 7.64. The molecule has 2 rings (SSSR count). The van der Waals surface area contributed by atoms with Crippen LogP contribution in [0.3, 0.4) is 0 Å². The molecule has 0 saturated heterocycles. The average Bonchev–Trinajstić information content (AvgIpc) is 2.88. The van der Waals surface area contributed by atoms with E-state index in [1.807, 2.05) is 6.92 Å². The third-order valence-electron chi connectivity index (χ3n) is 3.14. The molecule has 0 radical (unpaired) electrons. The van der Waals surface area contributed by atoms with Gasteiger partial charge in [-0.25, -0.2) is 4.79 Å². The van der Waals surface area contributed by atoms with Gasteiger partial charge in [0.05, 0.1) is 13.2 Å². The molecule has 7 heteroatoms. The topological polar surface area (TPSA) is 94.1 Å². The number of carbonyl (C=O) groups excluding carboxylic acids is 2. The van der Waals surface area contributed by atoms with Crippen molar-refractivity contribution < 1.29 is 28.9 Å². The van der Waals surface area contributed by atoms with Crippen molar-refractivity contribution in [3.63, 3.8) is 0 Å². The number of ketones is 1. The molecule has 1 aromatic carbocycles. The van der Waals surface area contributed by atoms with Crippen LogP contribution in [0.1, 0.15) is 12.5 Å². The van der Waals surface area contributed by atoms with Crippen molar-refractivity contribution >= 4 is 17.4 Å². The fourth-order valence-electron chi connectivity index (χ4n) is 2.07. The first kappa shape index (κ1) is 16.8. The molecule has 0 spiro atoms. The Hall–Kier alpha value is -2.54. The van der Waals surface area contributed by atoms with Crippen LogP contribution < -0.4 is 10.1 Å². The molecule has 2 N–H and O–H groups in total. The lowest BCUT2D eigenvalue weighted by molar-refractivity contribution is -0.139. The van der Waals surface area contributed by atoms with Crippen LogP contribution in [0.5, 0.6) is 5.75 Å². The number of rotatable bonds is 7. The SMILES string of the molecule is CCOC(=O)C1=C(Nc2ccc(OCCO)cc2C)OCC1=O. The highest BCUT2D eigenvalue weighted by Crippen LogP contribution is 2.26.